The van der Waals surface area contributed by atoms with Gasteiger partial charge in [-0.2, -0.15) is 0 Å². The number of carbonyl (C=O) groups is 3. The third kappa shape index (κ3) is 5.23. The number of carboxylic acids is 2. The van der Waals surface area contributed by atoms with Crippen molar-refractivity contribution in [3.05, 3.63) is 58.5 Å². The maximum Gasteiger partial charge on any atom is 0.344 e. The summed E-state index contributed by atoms with van der Waals surface area (Å²) in [5, 5.41) is 30.8. The fourth-order valence-corrected chi connectivity index (χ4v) is 3.51. The molecule has 1 aliphatic heterocycles. The molecule has 0 aliphatic carbocycles. The number of hydrogen-bond acceptors (Lipinski definition) is 7. The molecule has 4 N–H and O–H groups in total. The molecule has 9 nitrogen and oxygen atoms in total. The highest BCUT2D eigenvalue weighted by molar-refractivity contribution is 8.18. The maximum absolute atomic E-state index is 12.3. The van der Waals surface area contributed by atoms with E-state index in [1.54, 1.807) is 37.3 Å². The fourth-order valence-electron chi connectivity index (χ4n) is 2.68. The number of aliphatic carboxylic acids is 1. The number of carbonyl (C=O) groups excluding carboxylic acids is 1. The second-order valence-corrected chi connectivity index (χ2v) is 7.41. The van der Waals surface area contributed by atoms with Gasteiger partial charge in [-0.05, 0) is 42.5 Å². The number of aliphatic imine (C=N–C) groups is 1. The number of benzene rings is 2. The summed E-state index contributed by atoms with van der Waals surface area (Å²) in [5.41, 5.74) is 0.545. The van der Waals surface area contributed by atoms with E-state index in [9.17, 15) is 24.6 Å². The Bertz CT molecular complexity index is 1110. The number of amidine groups is 1. The lowest BCUT2D eigenvalue weighted by Crippen LogP contribution is -2.26. The Morgan fingerprint density at radius 1 is 1.23 bits per heavy atom. The Labute approximate surface area is 181 Å². The smallest absolute Gasteiger partial charge is 0.344 e. The number of phenols is 1. The number of aromatic carboxylic acids is 1. The van der Waals surface area contributed by atoms with Crippen molar-refractivity contribution < 1.29 is 34.4 Å². The number of hydrogen-bond donors (Lipinski definition) is 4. The third-order valence-electron chi connectivity index (χ3n) is 4.21. The predicted molar refractivity (Wildman–Crippen MR) is 115 cm³/mol. The summed E-state index contributed by atoms with van der Waals surface area (Å²) in [4.78, 5) is 39.1. The number of amides is 1. The highest BCUT2D eigenvalue weighted by atomic mass is 32.2. The van der Waals surface area contributed by atoms with Crippen LogP contribution < -0.4 is 10.1 Å². The van der Waals surface area contributed by atoms with E-state index in [0.29, 0.717) is 16.2 Å². The Morgan fingerprint density at radius 3 is 2.61 bits per heavy atom. The third-order valence-corrected chi connectivity index (χ3v) is 5.12. The SMILES string of the molecule is CCC(Oc1ccccc1/C=C1\SC(=Nc2ccc(C(=O)O)c(O)c2)NC1=O)C(=O)O. The summed E-state index contributed by atoms with van der Waals surface area (Å²) < 4.78 is 5.58. The zero-order valence-corrected chi connectivity index (χ0v) is 17.0. The first-order chi connectivity index (χ1) is 14.8. The Balaban J connectivity index is 1.84. The molecule has 2 aromatic rings. The number of ether oxygens (including phenoxy) is 1. The molecule has 0 spiro atoms. The van der Waals surface area contributed by atoms with Gasteiger partial charge in [0.2, 0.25) is 0 Å². The van der Waals surface area contributed by atoms with Crippen LogP contribution in [0.2, 0.25) is 0 Å². The quantitative estimate of drug-likeness (QED) is 0.478. The van der Waals surface area contributed by atoms with Gasteiger partial charge < -0.3 is 25.4 Å². The van der Waals surface area contributed by atoms with Gasteiger partial charge in [0.15, 0.2) is 11.3 Å². The van der Waals surface area contributed by atoms with E-state index in [4.69, 9.17) is 9.84 Å². The van der Waals surface area contributed by atoms with Crippen LogP contribution in [0.1, 0.15) is 29.3 Å². The summed E-state index contributed by atoms with van der Waals surface area (Å²) in [6, 6.07) is 10.6. The van der Waals surface area contributed by atoms with Crippen molar-refractivity contribution >= 4 is 46.5 Å². The van der Waals surface area contributed by atoms with Gasteiger partial charge in [-0.1, -0.05) is 25.1 Å². The lowest BCUT2D eigenvalue weighted by molar-refractivity contribution is -0.145. The van der Waals surface area contributed by atoms with Crippen LogP contribution in [0.25, 0.3) is 6.08 Å². The van der Waals surface area contributed by atoms with Crippen LogP contribution >= 0.6 is 11.8 Å². The average molecular weight is 442 g/mol. The molecule has 0 aromatic heterocycles. The minimum Gasteiger partial charge on any atom is -0.507 e. The van der Waals surface area contributed by atoms with Crippen molar-refractivity contribution in [2.24, 2.45) is 4.99 Å². The molecule has 2 aromatic carbocycles. The van der Waals surface area contributed by atoms with E-state index in [0.717, 1.165) is 11.8 Å². The van der Waals surface area contributed by atoms with Crippen LogP contribution in [-0.2, 0) is 9.59 Å². The van der Waals surface area contributed by atoms with E-state index < -0.39 is 29.7 Å². The van der Waals surface area contributed by atoms with Gasteiger partial charge in [0.25, 0.3) is 5.91 Å². The zero-order valence-electron chi connectivity index (χ0n) is 16.2. The van der Waals surface area contributed by atoms with E-state index in [2.05, 4.69) is 10.3 Å². The Kier molecular flexibility index (Phi) is 6.61. The zero-order chi connectivity index (χ0) is 22.5. The van der Waals surface area contributed by atoms with Gasteiger partial charge in [0.05, 0.1) is 10.6 Å². The van der Waals surface area contributed by atoms with Crippen molar-refractivity contribution in [1.29, 1.82) is 0 Å². The van der Waals surface area contributed by atoms with Crippen molar-refractivity contribution in [1.82, 2.24) is 5.32 Å². The molecule has 31 heavy (non-hydrogen) atoms. The maximum atomic E-state index is 12.3. The number of carboxylic acid groups (broad SMARTS) is 2. The van der Waals surface area contributed by atoms with Crippen molar-refractivity contribution in [2.45, 2.75) is 19.4 Å². The monoisotopic (exact) mass is 442 g/mol. The van der Waals surface area contributed by atoms with Gasteiger partial charge >= 0.3 is 11.9 Å². The normalized spacial score (nSPS) is 16.9. The van der Waals surface area contributed by atoms with Gasteiger partial charge in [-0.25, -0.2) is 14.6 Å². The lowest BCUT2D eigenvalue weighted by atomic mass is 10.1. The number of nitrogens with one attached hydrogen (secondary N) is 1. The van der Waals surface area contributed by atoms with Crippen LogP contribution in [0, 0.1) is 0 Å². The van der Waals surface area contributed by atoms with Crippen LogP contribution in [-0.4, -0.2) is 44.4 Å². The first kappa shape index (κ1) is 21.9. The summed E-state index contributed by atoms with van der Waals surface area (Å²) >= 11 is 1.05. The molecule has 1 heterocycles. The first-order valence-corrected chi connectivity index (χ1v) is 9.94. The number of nitrogens with zero attached hydrogens (tertiary/aromatic N) is 1. The number of thioether (sulfide) groups is 1. The van der Waals surface area contributed by atoms with Gasteiger partial charge in [-0.3, -0.25) is 4.79 Å². The highest BCUT2D eigenvalue weighted by Crippen LogP contribution is 2.32. The second-order valence-electron chi connectivity index (χ2n) is 6.38. The van der Waals surface area contributed by atoms with E-state index in [-0.39, 0.29) is 22.8 Å². The van der Waals surface area contributed by atoms with Crippen LogP contribution in [0.4, 0.5) is 5.69 Å². The van der Waals surface area contributed by atoms with Crippen molar-refractivity contribution in [3.63, 3.8) is 0 Å². The molecule has 1 saturated heterocycles. The molecule has 0 bridgehead atoms. The summed E-state index contributed by atoms with van der Waals surface area (Å²) in [5.74, 6) is -2.86. The minimum absolute atomic E-state index is 0.245. The van der Waals surface area contributed by atoms with Crippen LogP contribution in [0.5, 0.6) is 11.5 Å². The average Bonchev–Trinajstić information content (AvgIpc) is 3.05. The molecular formula is C21H18N2O7S. The molecule has 1 amide bonds. The molecule has 1 unspecified atom stereocenters. The Hall–Kier alpha value is -3.79. The standard InChI is InChI=1S/C21H18N2O7S/c1-2-15(20(28)29)30-16-6-4-3-5-11(16)9-17-18(25)23-21(31-17)22-12-7-8-13(19(26)27)14(24)10-12/h3-10,15,24H,2H2,1H3,(H,26,27)(H,28,29)(H,22,23,25)/b17-9-. The van der Waals surface area contributed by atoms with Crippen molar-refractivity contribution in [2.75, 3.05) is 0 Å². The molecular weight excluding hydrogens is 424 g/mol. The molecule has 1 aliphatic rings. The molecule has 0 saturated carbocycles. The summed E-state index contributed by atoms with van der Waals surface area (Å²) in [7, 11) is 0. The van der Waals surface area contributed by atoms with E-state index in [1.807, 2.05) is 0 Å². The second kappa shape index (κ2) is 9.35. The molecule has 1 atom stereocenters. The van der Waals surface area contributed by atoms with Crippen LogP contribution in [0.3, 0.4) is 0 Å². The fraction of sp³-hybridized carbons (Fsp3) is 0.143. The lowest BCUT2D eigenvalue weighted by Gasteiger charge is -2.15. The molecule has 10 heteroatoms. The van der Waals surface area contributed by atoms with Gasteiger partial charge in [-0.15, -0.1) is 0 Å². The minimum atomic E-state index is -1.26. The molecule has 0 radical (unpaired) electrons. The predicted octanol–water partition coefficient (Wildman–Crippen LogP) is 3.22. The topological polar surface area (TPSA) is 146 Å². The van der Waals surface area contributed by atoms with Gasteiger partial charge in [0.1, 0.15) is 17.1 Å². The van der Waals surface area contributed by atoms with Crippen LogP contribution in [0.15, 0.2) is 52.4 Å². The largest absolute Gasteiger partial charge is 0.507 e. The number of para-hydroxylation sites is 1. The molecule has 1 fully saturated rings. The summed E-state index contributed by atoms with van der Waals surface area (Å²) in [6.07, 6.45) is 0.834. The molecule has 3 rings (SSSR count). The van der Waals surface area contributed by atoms with E-state index in [1.165, 1.54) is 18.2 Å². The summed E-state index contributed by atoms with van der Waals surface area (Å²) in [6.45, 7) is 1.70. The Morgan fingerprint density at radius 2 is 1.97 bits per heavy atom. The number of aromatic hydroxyl groups is 1. The molecule has 160 valence electrons. The van der Waals surface area contributed by atoms with E-state index >= 15 is 0 Å². The first-order valence-electron chi connectivity index (χ1n) is 9.13. The van der Waals surface area contributed by atoms with Gasteiger partial charge in [0, 0.05) is 11.6 Å². The van der Waals surface area contributed by atoms with Crippen molar-refractivity contribution in [3.8, 4) is 11.5 Å². The number of rotatable bonds is 7. The highest BCUT2D eigenvalue weighted by Gasteiger charge is 2.25.